The van der Waals surface area contributed by atoms with E-state index in [1.54, 1.807) is 6.92 Å². The minimum Gasteiger partial charge on any atom is -0.331 e. The second-order valence-corrected chi connectivity index (χ2v) is 5.36. The van der Waals surface area contributed by atoms with E-state index in [1.807, 2.05) is 6.07 Å². The van der Waals surface area contributed by atoms with Crippen LogP contribution in [0, 0.1) is 0 Å². The van der Waals surface area contributed by atoms with Crippen LogP contribution >= 0.6 is 0 Å². The van der Waals surface area contributed by atoms with Crippen molar-refractivity contribution in [3.63, 3.8) is 0 Å². The summed E-state index contributed by atoms with van der Waals surface area (Å²) >= 11 is 0. The number of aromatic nitrogens is 2. The van der Waals surface area contributed by atoms with Crippen LogP contribution in [0.5, 0.6) is 0 Å². The number of fused-ring (bicyclic) bond motifs is 1. The van der Waals surface area contributed by atoms with Crippen LogP contribution in [0.2, 0.25) is 0 Å². The molecule has 0 saturated heterocycles. The van der Waals surface area contributed by atoms with Crippen molar-refractivity contribution in [3.05, 3.63) is 29.6 Å². The molecular weight excluding hydrogens is 224 g/mol. The second-order valence-electron chi connectivity index (χ2n) is 5.36. The van der Waals surface area contributed by atoms with E-state index in [1.165, 1.54) is 30.6 Å². The van der Waals surface area contributed by atoms with Crippen LogP contribution in [0.15, 0.2) is 18.2 Å². The van der Waals surface area contributed by atoms with Crippen LogP contribution in [0.3, 0.4) is 0 Å². The first kappa shape index (κ1) is 11.5. The van der Waals surface area contributed by atoms with Crippen LogP contribution in [-0.4, -0.2) is 15.3 Å². The monoisotopic (exact) mass is 242 g/mol. The average molecular weight is 242 g/mol. The van der Waals surface area contributed by atoms with Gasteiger partial charge in [0.1, 0.15) is 11.6 Å². The Kier molecular flexibility index (Phi) is 2.69. The summed E-state index contributed by atoms with van der Waals surface area (Å²) in [5.41, 5.74) is 3.26. The zero-order chi connectivity index (χ0) is 12.7. The molecule has 18 heavy (non-hydrogen) atoms. The van der Waals surface area contributed by atoms with Gasteiger partial charge in [0.25, 0.3) is 0 Å². The van der Waals surface area contributed by atoms with Gasteiger partial charge in [-0.05, 0) is 37.5 Å². The summed E-state index contributed by atoms with van der Waals surface area (Å²) in [4.78, 5) is 15.9. The topological polar surface area (TPSA) is 34.9 Å². The van der Waals surface area contributed by atoms with E-state index in [4.69, 9.17) is 4.98 Å². The Morgan fingerprint density at radius 2 is 2.22 bits per heavy atom. The molecular formula is C15H18N2O. The number of ketones is 1. The summed E-state index contributed by atoms with van der Waals surface area (Å²) in [5, 5.41) is 0. The summed E-state index contributed by atoms with van der Waals surface area (Å²) < 4.78 is 2.21. The minimum absolute atomic E-state index is 0.199. The lowest BCUT2D eigenvalue weighted by Gasteiger charge is -2.24. The Hall–Kier alpha value is -1.64. The number of benzene rings is 1. The zero-order valence-corrected chi connectivity index (χ0v) is 10.9. The van der Waals surface area contributed by atoms with Crippen molar-refractivity contribution in [3.8, 4) is 0 Å². The Labute approximate surface area is 107 Å². The van der Waals surface area contributed by atoms with Crippen molar-refractivity contribution >= 4 is 16.8 Å². The van der Waals surface area contributed by atoms with Gasteiger partial charge in [0, 0.05) is 19.4 Å². The SMILES string of the molecule is CC(=O)Cc1ccc2c(c1)nc(C1CCC1)n2C. The summed E-state index contributed by atoms with van der Waals surface area (Å²) in [6.07, 6.45) is 4.35. The average Bonchev–Trinajstić information content (AvgIpc) is 2.53. The van der Waals surface area contributed by atoms with E-state index in [-0.39, 0.29) is 5.78 Å². The van der Waals surface area contributed by atoms with Crippen molar-refractivity contribution in [2.75, 3.05) is 0 Å². The van der Waals surface area contributed by atoms with Gasteiger partial charge in [0.05, 0.1) is 11.0 Å². The number of rotatable bonds is 3. The third kappa shape index (κ3) is 1.84. The molecule has 2 aromatic rings. The summed E-state index contributed by atoms with van der Waals surface area (Å²) in [6, 6.07) is 6.18. The number of carbonyl (C=O) groups excluding carboxylic acids is 1. The highest BCUT2D eigenvalue weighted by atomic mass is 16.1. The Balaban J connectivity index is 2.03. The van der Waals surface area contributed by atoms with Crippen LogP contribution < -0.4 is 0 Å². The van der Waals surface area contributed by atoms with Crippen molar-refractivity contribution in [1.82, 2.24) is 9.55 Å². The molecule has 0 radical (unpaired) electrons. The van der Waals surface area contributed by atoms with Crippen LogP contribution in [-0.2, 0) is 18.3 Å². The van der Waals surface area contributed by atoms with Gasteiger partial charge in [0.15, 0.2) is 0 Å². The fourth-order valence-corrected chi connectivity index (χ4v) is 2.69. The lowest BCUT2D eigenvalue weighted by Crippen LogP contribution is -2.13. The number of hydrogen-bond acceptors (Lipinski definition) is 2. The predicted molar refractivity (Wildman–Crippen MR) is 71.7 cm³/mol. The quantitative estimate of drug-likeness (QED) is 0.829. The fraction of sp³-hybridized carbons (Fsp3) is 0.467. The molecule has 3 rings (SSSR count). The minimum atomic E-state index is 0.199. The highest BCUT2D eigenvalue weighted by Gasteiger charge is 2.24. The van der Waals surface area contributed by atoms with Crippen molar-refractivity contribution in [2.24, 2.45) is 7.05 Å². The molecule has 1 aliphatic carbocycles. The maximum Gasteiger partial charge on any atom is 0.134 e. The Morgan fingerprint density at radius 3 is 2.83 bits per heavy atom. The maximum absolute atomic E-state index is 11.2. The zero-order valence-electron chi connectivity index (χ0n) is 10.9. The van der Waals surface area contributed by atoms with Gasteiger partial charge < -0.3 is 4.57 Å². The van der Waals surface area contributed by atoms with Crippen LogP contribution in [0.1, 0.15) is 43.5 Å². The first-order chi connectivity index (χ1) is 8.65. The molecule has 1 aromatic carbocycles. The van der Waals surface area contributed by atoms with Gasteiger partial charge >= 0.3 is 0 Å². The van der Waals surface area contributed by atoms with E-state index in [0.29, 0.717) is 12.3 Å². The highest BCUT2D eigenvalue weighted by molar-refractivity contribution is 5.82. The van der Waals surface area contributed by atoms with Gasteiger partial charge in [-0.1, -0.05) is 12.5 Å². The molecule has 1 aromatic heterocycles. The molecule has 94 valence electrons. The number of Topliss-reactive ketones (excluding diaryl/α,β-unsaturated/α-hetero) is 1. The number of nitrogens with zero attached hydrogens (tertiary/aromatic N) is 2. The van der Waals surface area contributed by atoms with Crippen molar-refractivity contribution in [2.45, 2.75) is 38.5 Å². The van der Waals surface area contributed by atoms with E-state index in [9.17, 15) is 4.79 Å². The third-order valence-corrected chi connectivity index (χ3v) is 3.90. The van der Waals surface area contributed by atoms with E-state index < -0.39 is 0 Å². The Morgan fingerprint density at radius 1 is 1.44 bits per heavy atom. The molecule has 0 bridgehead atoms. The summed E-state index contributed by atoms with van der Waals surface area (Å²) in [5.74, 6) is 2.04. The molecule has 0 aliphatic heterocycles. The molecule has 3 nitrogen and oxygen atoms in total. The van der Waals surface area contributed by atoms with Gasteiger partial charge in [0.2, 0.25) is 0 Å². The predicted octanol–water partition coefficient (Wildman–Crippen LogP) is 2.97. The molecule has 0 N–H and O–H groups in total. The normalized spacial score (nSPS) is 15.9. The number of carbonyl (C=O) groups is 1. The number of imidazole rings is 1. The lowest BCUT2D eigenvalue weighted by molar-refractivity contribution is -0.116. The van der Waals surface area contributed by atoms with Crippen LogP contribution in [0.25, 0.3) is 11.0 Å². The fourth-order valence-electron chi connectivity index (χ4n) is 2.69. The van der Waals surface area contributed by atoms with E-state index in [0.717, 1.165) is 11.1 Å². The van der Waals surface area contributed by atoms with Gasteiger partial charge in [-0.2, -0.15) is 0 Å². The molecule has 0 amide bonds. The van der Waals surface area contributed by atoms with Gasteiger partial charge in [-0.25, -0.2) is 4.98 Å². The van der Waals surface area contributed by atoms with Crippen LogP contribution in [0.4, 0.5) is 0 Å². The largest absolute Gasteiger partial charge is 0.331 e. The molecule has 1 heterocycles. The van der Waals surface area contributed by atoms with Crippen molar-refractivity contribution < 1.29 is 4.79 Å². The molecule has 3 heteroatoms. The third-order valence-electron chi connectivity index (χ3n) is 3.90. The molecule has 0 atom stereocenters. The molecule has 1 aliphatic rings. The van der Waals surface area contributed by atoms with Gasteiger partial charge in [-0.15, -0.1) is 0 Å². The molecule has 1 fully saturated rings. The van der Waals surface area contributed by atoms with E-state index in [2.05, 4.69) is 23.7 Å². The van der Waals surface area contributed by atoms with E-state index >= 15 is 0 Å². The smallest absolute Gasteiger partial charge is 0.134 e. The molecule has 0 unspecified atom stereocenters. The number of hydrogen-bond donors (Lipinski definition) is 0. The summed E-state index contributed by atoms with van der Waals surface area (Å²) in [6.45, 7) is 1.63. The molecule has 1 saturated carbocycles. The van der Waals surface area contributed by atoms with Gasteiger partial charge in [-0.3, -0.25) is 4.79 Å². The lowest BCUT2D eigenvalue weighted by atomic mass is 9.85. The first-order valence-corrected chi connectivity index (χ1v) is 6.60. The molecule has 0 spiro atoms. The Bertz CT molecular complexity index is 608. The second kappa shape index (κ2) is 4.23. The first-order valence-electron chi connectivity index (χ1n) is 6.60. The standard InChI is InChI=1S/C15H18N2O/c1-10(18)8-11-6-7-14-13(9-11)16-15(17(14)2)12-4-3-5-12/h6-7,9,12H,3-5,8H2,1-2H3. The number of aryl methyl sites for hydroxylation is 1. The van der Waals surface area contributed by atoms with Crippen molar-refractivity contribution in [1.29, 1.82) is 0 Å². The summed E-state index contributed by atoms with van der Waals surface area (Å²) in [7, 11) is 2.09. The highest BCUT2D eigenvalue weighted by Crippen LogP contribution is 2.36. The maximum atomic E-state index is 11.2.